The van der Waals surface area contributed by atoms with Gasteiger partial charge in [0.05, 0.1) is 17.1 Å². The van der Waals surface area contributed by atoms with Crippen molar-refractivity contribution in [2.75, 3.05) is 32.6 Å². The molecule has 0 atom stereocenters. The van der Waals surface area contributed by atoms with Crippen LogP contribution in [0.1, 0.15) is 30.1 Å². The van der Waals surface area contributed by atoms with E-state index in [9.17, 15) is 18.0 Å². The van der Waals surface area contributed by atoms with Gasteiger partial charge in [-0.15, -0.1) is 0 Å². The number of esters is 1. The van der Waals surface area contributed by atoms with Gasteiger partial charge in [0, 0.05) is 19.8 Å². The van der Waals surface area contributed by atoms with E-state index >= 15 is 0 Å². The Morgan fingerprint density at radius 1 is 1.00 bits per heavy atom. The summed E-state index contributed by atoms with van der Waals surface area (Å²) in [6.07, 6.45) is 1.76. The smallest absolute Gasteiger partial charge is 0.338 e. The Morgan fingerprint density at radius 3 is 2.20 bits per heavy atom. The normalized spacial score (nSPS) is 11.2. The second kappa shape index (κ2) is 10.7. The van der Waals surface area contributed by atoms with Gasteiger partial charge in [-0.1, -0.05) is 13.3 Å². The van der Waals surface area contributed by atoms with Crippen LogP contribution in [0, 0.1) is 0 Å². The van der Waals surface area contributed by atoms with Crippen molar-refractivity contribution in [3.63, 3.8) is 0 Å². The highest BCUT2D eigenvalue weighted by Gasteiger charge is 2.16. The lowest BCUT2D eigenvalue weighted by Gasteiger charge is -2.12. The summed E-state index contributed by atoms with van der Waals surface area (Å²) < 4.78 is 35.7. The van der Waals surface area contributed by atoms with Crippen LogP contribution >= 0.6 is 0 Å². The van der Waals surface area contributed by atoms with Crippen molar-refractivity contribution in [3.8, 4) is 5.75 Å². The number of carbonyl (C=O) groups excluding carboxylic acids is 2. The molecule has 2 aromatic carbocycles. The van der Waals surface area contributed by atoms with Crippen molar-refractivity contribution in [1.29, 1.82) is 0 Å². The quantitative estimate of drug-likeness (QED) is 0.456. The van der Waals surface area contributed by atoms with E-state index in [2.05, 4.69) is 5.32 Å². The Labute approximate surface area is 176 Å². The number of amides is 1. The van der Waals surface area contributed by atoms with Crippen LogP contribution in [0.2, 0.25) is 0 Å². The van der Waals surface area contributed by atoms with Gasteiger partial charge in [0.2, 0.25) is 10.0 Å². The maximum atomic E-state index is 12.1. The van der Waals surface area contributed by atoms with E-state index in [1.54, 1.807) is 24.3 Å². The first-order valence-corrected chi connectivity index (χ1v) is 10.9. The first-order valence-electron chi connectivity index (χ1n) is 9.46. The minimum absolute atomic E-state index is 0.137. The lowest BCUT2D eigenvalue weighted by Crippen LogP contribution is -2.22. The van der Waals surface area contributed by atoms with Crippen LogP contribution in [0.25, 0.3) is 0 Å². The molecule has 0 fully saturated rings. The topological polar surface area (TPSA) is 102 Å². The van der Waals surface area contributed by atoms with E-state index in [0.717, 1.165) is 17.1 Å². The Kier molecular flexibility index (Phi) is 8.37. The van der Waals surface area contributed by atoms with E-state index in [1.807, 2.05) is 6.92 Å². The maximum absolute atomic E-state index is 12.1. The number of carbonyl (C=O) groups is 2. The SMILES string of the molecule is CCCCOC(=O)c1ccc(NC(=O)COc2ccc(S(=O)(=O)N(C)C)cc2)cc1. The molecule has 162 valence electrons. The number of unbranched alkanes of at least 4 members (excludes halogenated alkanes) is 1. The highest BCUT2D eigenvalue weighted by molar-refractivity contribution is 7.89. The molecule has 0 aliphatic heterocycles. The molecule has 30 heavy (non-hydrogen) atoms. The Balaban J connectivity index is 1.85. The Hall–Kier alpha value is -2.91. The fourth-order valence-corrected chi connectivity index (χ4v) is 3.25. The zero-order valence-electron chi connectivity index (χ0n) is 17.3. The van der Waals surface area contributed by atoms with E-state index in [4.69, 9.17) is 9.47 Å². The van der Waals surface area contributed by atoms with E-state index in [1.165, 1.54) is 38.4 Å². The molecule has 8 nitrogen and oxygen atoms in total. The van der Waals surface area contributed by atoms with Crippen LogP contribution in [0.5, 0.6) is 5.75 Å². The fourth-order valence-electron chi connectivity index (χ4n) is 2.35. The summed E-state index contributed by atoms with van der Waals surface area (Å²) >= 11 is 0. The minimum Gasteiger partial charge on any atom is -0.484 e. The number of hydrogen-bond acceptors (Lipinski definition) is 6. The fraction of sp³-hybridized carbons (Fsp3) is 0.333. The lowest BCUT2D eigenvalue weighted by molar-refractivity contribution is -0.118. The molecule has 0 aliphatic carbocycles. The summed E-state index contributed by atoms with van der Waals surface area (Å²) in [5, 5.41) is 2.66. The van der Waals surface area contributed by atoms with Gasteiger partial charge in [0.1, 0.15) is 5.75 Å². The van der Waals surface area contributed by atoms with Crippen LogP contribution in [-0.4, -0.2) is 51.9 Å². The molecule has 0 saturated heterocycles. The van der Waals surface area contributed by atoms with Crippen LogP contribution in [-0.2, 0) is 19.6 Å². The molecular formula is C21H26N2O6S. The van der Waals surface area contributed by atoms with Gasteiger partial charge in [-0.3, -0.25) is 4.79 Å². The largest absolute Gasteiger partial charge is 0.484 e. The standard InChI is InChI=1S/C21H26N2O6S/c1-4-5-14-28-21(25)16-6-8-17(9-7-16)22-20(24)15-29-18-10-12-19(13-11-18)30(26,27)23(2)3/h6-13H,4-5,14-15H2,1-3H3,(H,22,24). The van der Waals surface area contributed by atoms with Gasteiger partial charge >= 0.3 is 5.97 Å². The molecule has 0 radical (unpaired) electrons. The highest BCUT2D eigenvalue weighted by Crippen LogP contribution is 2.18. The van der Waals surface area contributed by atoms with Crippen LogP contribution < -0.4 is 10.1 Å². The summed E-state index contributed by atoms with van der Waals surface area (Å²) in [6.45, 7) is 2.15. The van der Waals surface area contributed by atoms with Crippen LogP contribution in [0.3, 0.4) is 0 Å². The summed E-state index contributed by atoms with van der Waals surface area (Å²) in [5.74, 6) is -0.421. The monoisotopic (exact) mass is 434 g/mol. The van der Waals surface area contributed by atoms with Crippen molar-refractivity contribution in [2.45, 2.75) is 24.7 Å². The number of sulfonamides is 1. The summed E-state index contributed by atoms with van der Waals surface area (Å²) in [7, 11) is -0.616. The first kappa shape index (κ1) is 23.4. The summed E-state index contributed by atoms with van der Waals surface area (Å²) in [5.41, 5.74) is 0.925. The number of hydrogen-bond donors (Lipinski definition) is 1. The lowest BCUT2D eigenvalue weighted by atomic mass is 10.2. The zero-order valence-corrected chi connectivity index (χ0v) is 18.1. The molecule has 2 aromatic rings. The Morgan fingerprint density at radius 2 is 1.63 bits per heavy atom. The van der Waals surface area contributed by atoms with Crippen molar-refractivity contribution in [1.82, 2.24) is 4.31 Å². The molecule has 9 heteroatoms. The number of nitrogens with zero attached hydrogens (tertiary/aromatic N) is 1. The van der Waals surface area contributed by atoms with E-state index in [0.29, 0.717) is 23.6 Å². The number of ether oxygens (including phenoxy) is 2. The average Bonchev–Trinajstić information content (AvgIpc) is 2.73. The van der Waals surface area contributed by atoms with Crippen molar-refractivity contribution in [2.24, 2.45) is 0 Å². The zero-order chi connectivity index (χ0) is 22.1. The minimum atomic E-state index is -3.52. The van der Waals surface area contributed by atoms with E-state index in [-0.39, 0.29) is 11.5 Å². The molecule has 0 unspecified atom stereocenters. The van der Waals surface area contributed by atoms with Crippen LogP contribution in [0.15, 0.2) is 53.4 Å². The molecule has 0 saturated carbocycles. The van der Waals surface area contributed by atoms with Gasteiger partial charge in [-0.05, 0) is 55.0 Å². The average molecular weight is 435 g/mol. The van der Waals surface area contributed by atoms with Gasteiger partial charge in [-0.25, -0.2) is 17.5 Å². The molecule has 1 amide bonds. The second-order valence-electron chi connectivity index (χ2n) is 6.66. The molecule has 0 heterocycles. The van der Waals surface area contributed by atoms with Gasteiger partial charge in [-0.2, -0.15) is 0 Å². The van der Waals surface area contributed by atoms with Gasteiger partial charge < -0.3 is 14.8 Å². The van der Waals surface area contributed by atoms with Crippen molar-refractivity contribution in [3.05, 3.63) is 54.1 Å². The first-order chi connectivity index (χ1) is 14.2. The number of rotatable bonds is 10. The molecule has 0 aliphatic rings. The number of nitrogens with one attached hydrogen (secondary N) is 1. The Bertz CT molecular complexity index is 954. The third kappa shape index (κ3) is 6.57. The van der Waals surface area contributed by atoms with Crippen LogP contribution in [0.4, 0.5) is 5.69 Å². The van der Waals surface area contributed by atoms with Crippen molar-refractivity contribution < 1.29 is 27.5 Å². The molecule has 0 bridgehead atoms. The molecule has 2 rings (SSSR count). The summed E-state index contributed by atoms with van der Waals surface area (Å²) in [6, 6.07) is 12.2. The molecule has 0 aromatic heterocycles. The molecule has 1 N–H and O–H groups in total. The van der Waals surface area contributed by atoms with E-state index < -0.39 is 21.9 Å². The predicted molar refractivity (Wildman–Crippen MR) is 113 cm³/mol. The third-order valence-electron chi connectivity index (χ3n) is 4.11. The number of anilines is 1. The predicted octanol–water partition coefficient (Wildman–Crippen LogP) is 2.91. The maximum Gasteiger partial charge on any atom is 0.338 e. The third-order valence-corrected chi connectivity index (χ3v) is 5.94. The second-order valence-corrected chi connectivity index (χ2v) is 8.81. The van der Waals surface area contributed by atoms with Gasteiger partial charge in [0.15, 0.2) is 6.61 Å². The highest BCUT2D eigenvalue weighted by atomic mass is 32.2. The summed E-state index contributed by atoms with van der Waals surface area (Å²) in [4.78, 5) is 24.1. The molecular weight excluding hydrogens is 408 g/mol. The molecule has 0 spiro atoms. The van der Waals surface area contributed by atoms with Crippen molar-refractivity contribution >= 4 is 27.6 Å². The number of benzene rings is 2. The van der Waals surface area contributed by atoms with Gasteiger partial charge in [0.25, 0.3) is 5.91 Å².